The number of hydrogen-bond donors (Lipinski definition) is 3. The Bertz CT molecular complexity index is 908. The van der Waals surface area contributed by atoms with Gasteiger partial charge >= 0.3 is 18.4 Å². The molecule has 0 aliphatic carbocycles. The molecule has 0 saturated heterocycles. The van der Waals surface area contributed by atoms with Crippen LogP contribution in [-0.4, -0.2) is 27.3 Å². The van der Waals surface area contributed by atoms with E-state index in [4.69, 9.17) is 11.6 Å². The van der Waals surface area contributed by atoms with Crippen LogP contribution in [0.15, 0.2) is 24.5 Å². The highest BCUT2D eigenvalue weighted by atomic mass is 35.5. The maximum atomic E-state index is 14.2. The molecular weight excluding hydrogens is 449 g/mol. The number of benzene rings is 1. The number of nitrogens with zero attached hydrogens (tertiary/aromatic N) is 2. The summed E-state index contributed by atoms with van der Waals surface area (Å²) < 4.78 is 90.1. The molecule has 2 aromatic rings. The first-order valence-corrected chi connectivity index (χ1v) is 8.22. The van der Waals surface area contributed by atoms with E-state index in [0.717, 1.165) is 0 Å². The van der Waals surface area contributed by atoms with Crippen LogP contribution < -0.4 is 10.6 Å². The highest BCUT2D eigenvalue weighted by Gasteiger charge is 2.51. The van der Waals surface area contributed by atoms with Crippen LogP contribution in [0.1, 0.15) is 23.9 Å². The molecule has 14 heteroatoms. The minimum atomic E-state index is -5.11. The standard InChI is InChI=1S/C16H12ClF7N4O2/c1-14(30,16(22,23)24)7-2-9(17)12(10(18)3-7)28-13(29)27-6-11-25-4-8(5-26-11)15(19,20)21/h2-5,30H,6H2,1H3,(H2,27,28,29). The smallest absolute Gasteiger partial charge is 0.376 e. The van der Waals surface area contributed by atoms with Gasteiger partial charge in [-0.1, -0.05) is 11.6 Å². The second-order valence-electron chi connectivity index (χ2n) is 6.08. The molecule has 0 bridgehead atoms. The minimum absolute atomic E-state index is 0.193. The normalized spacial score (nSPS) is 14.2. The summed E-state index contributed by atoms with van der Waals surface area (Å²) in [5.74, 6) is -1.55. The van der Waals surface area contributed by atoms with Crippen LogP contribution in [-0.2, 0) is 18.3 Å². The zero-order valence-electron chi connectivity index (χ0n) is 14.8. The number of rotatable bonds is 4. The number of urea groups is 1. The Kier molecular flexibility index (Phi) is 6.47. The van der Waals surface area contributed by atoms with Gasteiger partial charge in [0.1, 0.15) is 11.6 Å². The summed E-state index contributed by atoms with van der Waals surface area (Å²) in [4.78, 5) is 18.7. The second-order valence-corrected chi connectivity index (χ2v) is 6.49. The van der Waals surface area contributed by atoms with Crippen LogP contribution in [0.5, 0.6) is 0 Å². The first-order valence-electron chi connectivity index (χ1n) is 7.84. The lowest BCUT2D eigenvalue weighted by atomic mass is 9.95. The number of halogens is 8. The van der Waals surface area contributed by atoms with Gasteiger partial charge in [-0.15, -0.1) is 0 Å². The van der Waals surface area contributed by atoms with Crippen LogP contribution in [0.25, 0.3) is 0 Å². The third kappa shape index (κ3) is 5.27. The van der Waals surface area contributed by atoms with E-state index in [9.17, 15) is 40.6 Å². The van der Waals surface area contributed by atoms with Crippen molar-refractivity contribution in [2.45, 2.75) is 31.4 Å². The number of amides is 2. The molecule has 2 rings (SSSR count). The topological polar surface area (TPSA) is 87.1 Å². The summed E-state index contributed by atoms with van der Waals surface area (Å²) in [5.41, 5.74) is -6.05. The first kappa shape index (κ1) is 23.6. The molecule has 0 aliphatic heterocycles. The largest absolute Gasteiger partial charge is 0.421 e. The van der Waals surface area contributed by atoms with Gasteiger partial charge in [0.2, 0.25) is 0 Å². The highest BCUT2D eigenvalue weighted by Crippen LogP contribution is 2.41. The van der Waals surface area contributed by atoms with Gasteiger partial charge in [-0.25, -0.2) is 19.2 Å². The predicted molar refractivity (Wildman–Crippen MR) is 89.9 cm³/mol. The molecule has 30 heavy (non-hydrogen) atoms. The van der Waals surface area contributed by atoms with E-state index in [1.165, 1.54) is 0 Å². The molecule has 1 atom stereocenters. The molecule has 6 nitrogen and oxygen atoms in total. The number of anilines is 1. The molecule has 0 radical (unpaired) electrons. The average Bonchev–Trinajstić information content (AvgIpc) is 2.61. The summed E-state index contributed by atoms with van der Waals surface area (Å²) in [7, 11) is 0. The van der Waals surface area contributed by atoms with E-state index in [1.807, 2.05) is 5.32 Å². The molecule has 0 fully saturated rings. The minimum Gasteiger partial charge on any atom is -0.376 e. The number of nitrogens with one attached hydrogen (secondary N) is 2. The lowest BCUT2D eigenvalue weighted by molar-refractivity contribution is -0.258. The van der Waals surface area contributed by atoms with Crippen molar-refractivity contribution in [2.75, 3.05) is 5.32 Å². The number of aromatic nitrogens is 2. The van der Waals surface area contributed by atoms with Gasteiger partial charge in [0.25, 0.3) is 0 Å². The highest BCUT2D eigenvalue weighted by molar-refractivity contribution is 6.33. The molecule has 1 aromatic heterocycles. The van der Waals surface area contributed by atoms with E-state index in [0.29, 0.717) is 31.5 Å². The van der Waals surface area contributed by atoms with Crippen LogP contribution in [0.4, 0.5) is 41.2 Å². The van der Waals surface area contributed by atoms with Gasteiger partial charge in [0.05, 0.1) is 22.8 Å². The second kappa shape index (κ2) is 8.22. The number of hydrogen-bond acceptors (Lipinski definition) is 4. The van der Waals surface area contributed by atoms with Gasteiger partial charge in [-0.3, -0.25) is 0 Å². The molecule has 164 valence electrons. The van der Waals surface area contributed by atoms with Gasteiger partial charge in [-0.05, 0) is 24.6 Å². The third-order valence-electron chi connectivity index (χ3n) is 3.83. The zero-order valence-corrected chi connectivity index (χ0v) is 15.5. The molecule has 0 spiro atoms. The van der Waals surface area contributed by atoms with Crippen LogP contribution in [0.2, 0.25) is 5.02 Å². The Morgan fingerprint density at radius 2 is 1.67 bits per heavy atom. The Labute approximate surface area is 169 Å². The van der Waals surface area contributed by atoms with Crippen molar-refractivity contribution in [1.29, 1.82) is 0 Å². The van der Waals surface area contributed by atoms with E-state index < -0.39 is 58.2 Å². The zero-order chi connectivity index (χ0) is 22.9. The van der Waals surface area contributed by atoms with Gasteiger partial charge < -0.3 is 15.7 Å². The molecule has 1 aromatic carbocycles. The molecule has 0 saturated carbocycles. The lowest BCUT2D eigenvalue weighted by Gasteiger charge is -2.27. The fourth-order valence-corrected chi connectivity index (χ4v) is 2.30. The fourth-order valence-electron chi connectivity index (χ4n) is 2.05. The third-order valence-corrected chi connectivity index (χ3v) is 4.13. The maximum Gasteiger partial charge on any atom is 0.421 e. The summed E-state index contributed by atoms with van der Waals surface area (Å²) in [5, 5.41) is 13.0. The Morgan fingerprint density at radius 1 is 1.10 bits per heavy atom. The number of alkyl halides is 6. The van der Waals surface area contributed by atoms with Crippen molar-refractivity contribution >= 4 is 23.3 Å². The van der Waals surface area contributed by atoms with Gasteiger partial charge in [-0.2, -0.15) is 26.3 Å². The van der Waals surface area contributed by atoms with Crippen molar-refractivity contribution in [2.24, 2.45) is 0 Å². The van der Waals surface area contributed by atoms with E-state index >= 15 is 0 Å². The summed E-state index contributed by atoms with van der Waals surface area (Å²) in [6, 6.07) is -0.102. The molecule has 1 heterocycles. The van der Waals surface area contributed by atoms with Crippen LogP contribution in [0.3, 0.4) is 0 Å². The van der Waals surface area contributed by atoms with E-state index in [2.05, 4.69) is 15.3 Å². The van der Waals surface area contributed by atoms with Crippen molar-refractivity contribution in [1.82, 2.24) is 15.3 Å². The molecular formula is C16H12ClF7N4O2. The lowest BCUT2D eigenvalue weighted by Crippen LogP contribution is -2.39. The molecule has 2 amide bonds. The van der Waals surface area contributed by atoms with Crippen LogP contribution in [0, 0.1) is 5.82 Å². The van der Waals surface area contributed by atoms with E-state index in [-0.39, 0.29) is 5.82 Å². The fraction of sp³-hybridized carbons (Fsp3) is 0.312. The Morgan fingerprint density at radius 3 is 2.13 bits per heavy atom. The monoisotopic (exact) mass is 460 g/mol. The van der Waals surface area contributed by atoms with E-state index in [1.54, 1.807) is 0 Å². The average molecular weight is 461 g/mol. The first-order chi connectivity index (χ1) is 13.6. The van der Waals surface area contributed by atoms with Crippen molar-refractivity contribution < 1.29 is 40.6 Å². The number of carbonyl (C=O) groups is 1. The molecule has 1 unspecified atom stereocenters. The summed E-state index contributed by atoms with van der Waals surface area (Å²) >= 11 is 5.72. The summed E-state index contributed by atoms with van der Waals surface area (Å²) in [6.45, 7) is -0.0357. The van der Waals surface area contributed by atoms with Gasteiger partial charge in [0.15, 0.2) is 5.60 Å². The van der Waals surface area contributed by atoms with Gasteiger partial charge in [0, 0.05) is 12.4 Å². The van der Waals surface area contributed by atoms with Crippen molar-refractivity contribution in [3.63, 3.8) is 0 Å². The molecule has 3 N–H and O–H groups in total. The number of carbonyl (C=O) groups excluding carboxylic acids is 1. The van der Waals surface area contributed by atoms with Crippen molar-refractivity contribution in [3.8, 4) is 0 Å². The Hall–Kier alpha value is -2.67. The van der Waals surface area contributed by atoms with Crippen LogP contribution >= 0.6 is 11.6 Å². The number of aliphatic hydroxyl groups is 1. The Balaban J connectivity index is 2.08. The summed E-state index contributed by atoms with van der Waals surface area (Å²) in [6.07, 6.45) is -8.75. The SMILES string of the molecule is CC(O)(c1cc(F)c(NC(=O)NCc2ncc(C(F)(F)F)cn2)c(Cl)c1)C(F)(F)F. The predicted octanol–water partition coefficient (Wildman–Crippen LogP) is 4.38. The maximum absolute atomic E-state index is 14.2. The van der Waals surface area contributed by atoms with Crippen molar-refractivity contribution in [3.05, 3.63) is 52.3 Å². The molecule has 0 aliphatic rings. The quantitative estimate of drug-likeness (QED) is 0.591.